The highest BCUT2D eigenvalue weighted by Crippen LogP contribution is 2.28. The standard InChI is InChI=1S/C12H12O2/c1-9-4-3-5-10(2)12(9)14-11-6-7-13-8-11/h3-8H,1-2H3. The van der Waals surface area contributed by atoms with Crippen molar-refractivity contribution in [3.8, 4) is 11.5 Å². The molecule has 0 aliphatic heterocycles. The maximum atomic E-state index is 5.69. The summed E-state index contributed by atoms with van der Waals surface area (Å²) in [5, 5.41) is 0. The van der Waals surface area contributed by atoms with Gasteiger partial charge in [-0.3, -0.25) is 0 Å². The fourth-order valence-electron chi connectivity index (χ4n) is 1.39. The highest BCUT2D eigenvalue weighted by molar-refractivity contribution is 5.42. The van der Waals surface area contributed by atoms with Crippen molar-refractivity contribution in [3.05, 3.63) is 47.9 Å². The van der Waals surface area contributed by atoms with E-state index in [1.807, 2.05) is 32.0 Å². The molecule has 0 unspecified atom stereocenters. The normalized spacial score (nSPS) is 10.1. The van der Waals surface area contributed by atoms with Gasteiger partial charge >= 0.3 is 0 Å². The average Bonchev–Trinajstić information content (AvgIpc) is 2.64. The molecule has 0 N–H and O–H groups in total. The molecule has 2 rings (SSSR count). The largest absolute Gasteiger partial charge is 0.469 e. The fourth-order valence-corrected chi connectivity index (χ4v) is 1.39. The highest BCUT2D eigenvalue weighted by Gasteiger charge is 2.04. The zero-order valence-corrected chi connectivity index (χ0v) is 8.28. The molecule has 0 radical (unpaired) electrons. The molecule has 0 fully saturated rings. The molecule has 0 bridgehead atoms. The lowest BCUT2D eigenvalue weighted by atomic mass is 10.1. The van der Waals surface area contributed by atoms with Crippen LogP contribution in [0.25, 0.3) is 0 Å². The van der Waals surface area contributed by atoms with E-state index in [1.54, 1.807) is 18.6 Å². The van der Waals surface area contributed by atoms with Gasteiger partial charge < -0.3 is 9.15 Å². The van der Waals surface area contributed by atoms with Crippen molar-refractivity contribution in [2.75, 3.05) is 0 Å². The minimum atomic E-state index is 0.738. The van der Waals surface area contributed by atoms with Crippen LogP contribution in [0.1, 0.15) is 11.1 Å². The summed E-state index contributed by atoms with van der Waals surface area (Å²) in [7, 11) is 0. The fraction of sp³-hybridized carbons (Fsp3) is 0.167. The summed E-state index contributed by atoms with van der Waals surface area (Å²) in [6.45, 7) is 4.06. The second kappa shape index (κ2) is 3.58. The molecule has 1 aromatic carbocycles. The Labute approximate surface area is 83.1 Å². The van der Waals surface area contributed by atoms with Gasteiger partial charge in [-0.15, -0.1) is 0 Å². The molecule has 0 saturated carbocycles. The maximum absolute atomic E-state index is 5.69. The molecule has 2 nitrogen and oxygen atoms in total. The van der Waals surface area contributed by atoms with Crippen LogP contribution in [0.2, 0.25) is 0 Å². The van der Waals surface area contributed by atoms with Crippen LogP contribution in [-0.4, -0.2) is 0 Å². The summed E-state index contributed by atoms with van der Waals surface area (Å²) < 4.78 is 10.6. The topological polar surface area (TPSA) is 22.4 Å². The highest BCUT2D eigenvalue weighted by atomic mass is 16.5. The lowest BCUT2D eigenvalue weighted by Gasteiger charge is -2.08. The minimum absolute atomic E-state index is 0.738. The molecule has 1 aromatic heterocycles. The van der Waals surface area contributed by atoms with Crippen molar-refractivity contribution in [3.63, 3.8) is 0 Å². The van der Waals surface area contributed by atoms with Crippen molar-refractivity contribution >= 4 is 0 Å². The summed E-state index contributed by atoms with van der Waals surface area (Å²) >= 11 is 0. The monoisotopic (exact) mass is 188 g/mol. The number of furan rings is 1. The Hall–Kier alpha value is -1.70. The van der Waals surface area contributed by atoms with Crippen LogP contribution in [0.4, 0.5) is 0 Å². The van der Waals surface area contributed by atoms with Gasteiger partial charge in [0.15, 0.2) is 5.75 Å². The van der Waals surface area contributed by atoms with E-state index in [0.717, 1.165) is 22.6 Å². The van der Waals surface area contributed by atoms with Gasteiger partial charge in [0.05, 0.1) is 6.26 Å². The molecular weight excluding hydrogens is 176 g/mol. The Kier molecular flexibility index (Phi) is 2.27. The van der Waals surface area contributed by atoms with Crippen LogP contribution >= 0.6 is 0 Å². The van der Waals surface area contributed by atoms with Crippen molar-refractivity contribution in [2.24, 2.45) is 0 Å². The first-order chi connectivity index (χ1) is 6.77. The number of rotatable bonds is 2. The second-order valence-corrected chi connectivity index (χ2v) is 3.28. The number of ether oxygens (including phenoxy) is 1. The third-order valence-electron chi connectivity index (χ3n) is 2.12. The average molecular weight is 188 g/mol. The Morgan fingerprint density at radius 2 is 1.79 bits per heavy atom. The first kappa shape index (κ1) is 8.88. The SMILES string of the molecule is Cc1cccc(C)c1Oc1ccoc1. The van der Waals surface area contributed by atoms with E-state index < -0.39 is 0 Å². The third-order valence-corrected chi connectivity index (χ3v) is 2.12. The molecule has 0 aliphatic carbocycles. The van der Waals surface area contributed by atoms with Gasteiger partial charge in [0.25, 0.3) is 0 Å². The maximum Gasteiger partial charge on any atom is 0.165 e. The third kappa shape index (κ3) is 1.64. The quantitative estimate of drug-likeness (QED) is 0.717. The van der Waals surface area contributed by atoms with Crippen molar-refractivity contribution in [1.29, 1.82) is 0 Å². The molecule has 14 heavy (non-hydrogen) atoms. The Morgan fingerprint density at radius 1 is 1.07 bits per heavy atom. The number of benzene rings is 1. The van der Waals surface area contributed by atoms with Crippen LogP contribution in [0.5, 0.6) is 11.5 Å². The van der Waals surface area contributed by atoms with Gasteiger partial charge in [-0.2, -0.15) is 0 Å². The smallest absolute Gasteiger partial charge is 0.165 e. The number of aryl methyl sites for hydroxylation is 2. The zero-order chi connectivity index (χ0) is 9.97. The van der Waals surface area contributed by atoms with Crippen LogP contribution in [-0.2, 0) is 0 Å². The number of hydrogen-bond acceptors (Lipinski definition) is 2. The molecule has 0 atom stereocenters. The molecule has 2 heteroatoms. The Balaban J connectivity index is 2.33. The molecule has 0 spiro atoms. The summed E-state index contributed by atoms with van der Waals surface area (Å²) in [6.07, 6.45) is 3.19. The van der Waals surface area contributed by atoms with E-state index in [9.17, 15) is 0 Å². The number of para-hydroxylation sites is 1. The van der Waals surface area contributed by atoms with Gasteiger partial charge in [-0.25, -0.2) is 0 Å². The van der Waals surface area contributed by atoms with Crippen molar-refractivity contribution in [2.45, 2.75) is 13.8 Å². The van der Waals surface area contributed by atoms with E-state index >= 15 is 0 Å². The van der Waals surface area contributed by atoms with Gasteiger partial charge in [-0.05, 0) is 25.0 Å². The Morgan fingerprint density at radius 3 is 2.36 bits per heavy atom. The molecule has 1 heterocycles. The summed E-state index contributed by atoms with van der Waals surface area (Å²) in [5.74, 6) is 1.65. The molecule has 0 aliphatic rings. The first-order valence-corrected chi connectivity index (χ1v) is 4.53. The second-order valence-electron chi connectivity index (χ2n) is 3.28. The lowest BCUT2D eigenvalue weighted by molar-refractivity contribution is 0.460. The molecule has 0 amide bonds. The van der Waals surface area contributed by atoms with E-state index in [4.69, 9.17) is 9.15 Å². The van der Waals surface area contributed by atoms with E-state index in [1.165, 1.54) is 0 Å². The van der Waals surface area contributed by atoms with Crippen LogP contribution in [0.15, 0.2) is 41.2 Å². The first-order valence-electron chi connectivity index (χ1n) is 4.53. The van der Waals surface area contributed by atoms with Gasteiger partial charge in [0, 0.05) is 6.07 Å². The molecule has 2 aromatic rings. The van der Waals surface area contributed by atoms with Gasteiger partial charge in [-0.1, -0.05) is 18.2 Å². The summed E-state index contributed by atoms with van der Waals surface area (Å²) in [5.41, 5.74) is 2.26. The van der Waals surface area contributed by atoms with E-state index in [2.05, 4.69) is 0 Å². The lowest BCUT2D eigenvalue weighted by Crippen LogP contribution is -1.88. The zero-order valence-electron chi connectivity index (χ0n) is 8.28. The molecule has 0 saturated heterocycles. The molecule has 72 valence electrons. The predicted molar refractivity (Wildman–Crippen MR) is 54.7 cm³/mol. The van der Waals surface area contributed by atoms with Crippen LogP contribution in [0.3, 0.4) is 0 Å². The van der Waals surface area contributed by atoms with Crippen LogP contribution in [0, 0.1) is 13.8 Å². The van der Waals surface area contributed by atoms with Gasteiger partial charge in [0.1, 0.15) is 12.0 Å². The minimum Gasteiger partial charge on any atom is -0.469 e. The van der Waals surface area contributed by atoms with Crippen LogP contribution < -0.4 is 4.74 Å². The van der Waals surface area contributed by atoms with Gasteiger partial charge in [0.2, 0.25) is 0 Å². The summed E-state index contributed by atoms with van der Waals surface area (Å²) in [6, 6.07) is 7.88. The number of hydrogen-bond donors (Lipinski definition) is 0. The Bertz CT molecular complexity index is 396. The van der Waals surface area contributed by atoms with E-state index in [0.29, 0.717) is 0 Å². The van der Waals surface area contributed by atoms with E-state index in [-0.39, 0.29) is 0 Å². The molecular formula is C12H12O2. The predicted octanol–water partition coefficient (Wildman–Crippen LogP) is 3.69. The van der Waals surface area contributed by atoms with Crippen molar-refractivity contribution < 1.29 is 9.15 Å². The van der Waals surface area contributed by atoms with Crippen molar-refractivity contribution in [1.82, 2.24) is 0 Å². The summed E-state index contributed by atoms with van der Waals surface area (Å²) in [4.78, 5) is 0.